The molecule has 0 amide bonds. The van der Waals surface area contributed by atoms with Crippen LogP contribution in [0, 0.1) is 0 Å². The second-order valence-corrected chi connectivity index (χ2v) is 1.15. The molecule has 0 saturated heterocycles. The molecule has 0 aliphatic rings. The molecule has 12 nitrogen and oxygen atoms in total. The fourth-order valence-electron chi connectivity index (χ4n) is 0. The summed E-state index contributed by atoms with van der Waals surface area (Å²) >= 11 is 0. The van der Waals surface area contributed by atoms with Crippen molar-refractivity contribution in [3.05, 3.63) is 0 Å². The number of hydrogen-bond donors (Lipinski definition) is 0. The van der Waals surface area contributed by atoms with Crippen LogP contribution in [0.3, 0.4) is 0 Å². The summed E-state index contributed by atoms with van der Waals surface area (Å²) in [6, 6.07) is 0. The summed E-state index contributed by atoms with van der Waals surface area (Å²) in [4.78, 5) is 0. The maximum Gasteiger partial charge on any atom is 6.00 e. The molecule has 0 bridgehead atoms. The van der Waals surface area contributed by atoms with Gasteiger partial charge in [0.25, 0.3) is 0 Å². The summed E-state index contributed by atoms with van der Waals surface area (Å²) in [6.45, 7) is 0. The summed E-state index contributed by atoms with van der Waals surface area (Å²) in [6.07, 6.45) is 0. The molecule has 0 N–H and O–H groups in total. The van der Waals surface area contributed by atoms with Gasteiger partial charge in [-0.1, -0.05) is 0 Å². The summed E-state index contributed by atoms with van der Waals surface area (Å²) in [7, 11) is -11.7. The third-order valence-electron chi connectivity index (χ3n) is 0. The van der Waals surface area contributed by atoms with E-state index in [0.29, 0.717) is 0 Å². The van der Waals surface area contributed by atoms with Crippen molar-refractivity contribution in [3.63, 3.8) is 0 Å². The third-order valence-corrected chi connectivity index (χ3v) is 0. The Bertz CT molecular complexity index is 65.1. The molecule has 0 radical (unpaired) electrons. The standard InChI is InChI=1S/4BO3.2Ru/c4*2-1(3)4;;/q4*-3;2*+6. The molecule has 0 aromatic heterocycles. The smallest absolute Gasteiger partial charge is 0.907 e. The van der Waals surface area contributed by atoms with E-state index in [4.69, 9.17) is 60.3 Å². The predicted molar refractivity (Wildman–Crippen MR) is 23.0 cm³/mol. The molecule has 0 rings (SSSR count). The van der Waals surface area contributed by atoms with E-state index in [1.54, 1.807) is 0 Å². The van der Waals surface area contributed by atoms with Crippen LogP contribution in [0.1, 0.15) is 0 Å². The van der Waals surface area contributed by atoms with Crippen LogP contribution in [-0.2, 0) is 39.0 Å². The van der Waals surface area contributed by atoms with Gasteiger partial charge < -0.3 is 60.3 Å². The molecule has 0 aromatic carbocycles. The minimum absolute atomic E-state index is 0. The van der Waals surface area contributed by atoms with Crippen molar-refractivity contribution in [2.75, 3.05) is 0 Å². The molecule has 0 saturated carbocycles. The second kappa shape index (κ2) is 30.8. The largest absolute Gasteiger partial charge is 6.00 e. The van der Waals surface area contributed by atoms with Gasteiger partial charge in [0.15, 0.2) is 0 Å². The molecule has 100 valence electrons. The van der Waals surface area contributed by atoms with Crippen molar-refractivity contribution >= 4 is 29.3 Å². The third kappa shape index (κ3) is 4150. The average molecular weight is 437 g/mol. The topological polar surface area (TPSA) is 277 Å². The van der Waals surface area contributed by atoms with Crippen LogP contribution < -0.4 is 60.3 Å². The Morgan fingerprint density at radius 1 is 0.278 bits per heavy atom. The van der Waals surface area contributed by atoms with Gasteiger partial charge in [-0.2, -0.15) is 0 Å². The Balaban J connectivity index is -0.0000000257. The van der Waals surface area contributed by atoms with E-state index >= 15 is 0 Å². The number of rotatable bonds is 0. The van der Waals surface area contributed by atoms with Gasteiger partial charge in [0.1, 0.15) is 0 Å². The van der Waals surface area contributed by atoms with Gasteiger partial charge >= 0.3 is 39.0 Å². The second-order valence-electron chi connectivity index (χ2n) is 1.15. The Morgan fingerprint density at radius 2 is 0.278 bits per heavy atom. The van der Waals surface area contributed by atoms with Crippen molar-refractivity contribution in [1.29, 1.82) is 0 Å². The van der Waals surface area contributed by atoms with E-state index in [1.165, 1.54) is 0 Å². The van der Waals surface area contributed by atoms with Gasteiger partial charge in [-0.15, -0.1) is 0 Å². The maximum atomic E-state index is 8.42. The zero-order chi connectivity index (χ0) is 14.3. The van der Waals surface area contributed by atoms with Crippen LogP contribution >= 0.6 is 0 Å². The fraction of sp³-hybridized carbons (Fsp3) is 0. The Labute approximate surface area is 128 Å². The van der Waals surface area contributed by atoms with Gasteiger partial charge in [-0.05, 0) is 0 Å². The predicted octanol–water partition coefficient (Wildman–Crippen LogP) is -15.8. The van der Waals surface area contributed by atoms with Gasteiger partial charge in [0.05, 0.1) is 0 Å². The summed E-state index contributed by atoms with van der Waals surface area (Å²) in [5, 5.41) is 101. The first kappa shape index (κ1) is 36.4. The van der Waals surface area contributed by atoms with Crippen LogP contribution in [0.15, 0.2) is 0 Å². The van der Waals surface area contributed by atoms with E-state index in [9.17, 15) is 0 Å². The molecule has 0 spiro atoms. The molecular weight excluding hydrogens is 437 g/mol. The van der Waals surface area contributed by atoms with E-state index in [0.717, 1.165) is 0 Å². The molecule has 0 fully saturated rings. The average Bonchev–Trinajstić information content (AvgIpc) is 1.76. The first-order valence-corrected chi connectivity index (χ1v) is 2.83. The normalized spacial score (nSPS) is 6.00. The Hall–Kier alpha value is 1.03. The fourth-order valence-corrected chi connectivity index (χ4v) is 0. The van der Waals surface area contributed by atoms with Crippen molar-refractivity contribution in [1.82, 2.24) is 0 Å². The Morgan fingerprint density at radius 3 is 0.278 bits per heavy atom. The van der Waals surface area contributed by atoms with Crippen molar-refractivity contribution in [2.45, 2.75) is 0 Å². The quantitative estimate of drug-likeness (QED) is 0.319. The van der Waals surface area contributed by atoms with Crippen molar-refractivity contribution in [3.8, 4) is 0 Å². The van der Waals surface area contributed by atoms with E-state index in [1.807, 2.05) is 0 Å². The summed E-state index contributed by atoms with van der Waals surface area (Å²) in [5.74, 6) is 0. The van der Waals surface area contributed by atoms with E-state index in [-0.39, 0.29) is 39.0 Å². The molecule has 0 heterocycles. The molecule has 0 aliphatic heterocycles. The maximum absolute atomic E-state index is 8.42. The molecule has 0 unspecified atom stereocenters. The number of hydrogen-bond acceptors (Lipinski definition) is 12. The Kier molecular flexibility index (Phi) is 62.3. The van der Waals surface area contributed by atoms with Crippen molar-refractivity contribution in [2.24, 2.45) is 0 Å². The zero-order valence-corrected chi connectivity index (χ0v) is 11.4. The molecule has 18 heavy (non-hydrogen) atoms. The van der Waals surface area contributed by atoms with Gasteiger partial charge in [-0.3, -0.25) is 29.3 Å². The zero-order valence-electron chi connectivity index (χ0n) is 7.92. The van der Waals surface area contributed by atoms with Gasteiger partial charge in [0, 0.05) is 0 Å². The molecular formula is B4O12Ru2. The SMILES string of the molecule is [O-]B([O-])[O-].[O-]B([O-])[O-].[O-]B([O-])[O-].[O-]B([O-])[O-].[Ru+6].[Ru+6]. The van der Waals surface area contributed by atoms with Crippen LogP contribution in [0.5, 0.6) is 0 Å². The molecule has 0 aromatic rings. The monoisotopic (exact) mass is 440 g/mol. The van der Waals surface area contributed by atoms with Crippen molar-refractivity contribution < 1.29 is 99.2 Å². The van der Waals surface area contributed by atoms with Gasteiger partial charge in [0.2, 0.25) is 0 Å². The molecule has 0 aliphatic carbocycles. The van der Waals surface area contributed by atoms with Crippen LogP contribution in [0.25, 0.3) is 0 Å². The minimum atomic E-state index is -2.92. The molecule has 18 heteroatoms. The van der Waals surface area contributed by atoms with Crippen LogP contribution in [0.2, 0.25) is 0 Å². The first-order chi connectivity index (χ1) is 6.93. The van der Waals surface area contributed by atoms with E-state index in [2.05, 4.69) is 0 Å². The summed E-state index contributed by atoms with van der Waals surface area (Å²) in [5.41, 5.74) is 0. The van der Waals surface area contributed by atoms with E-state index < -0.39 is 29.3 Å². The minimum Gasteiger partial charge on any atom is -0.907 e. The van der Waals surface area contributed by atoms with Crippen LogP contribution in [-0.4, -0.2) is 29.3 Å². The summed E-state index contributed by atoms with van der Waals surface area (Å²) < 4.78 is 0. The van der Waals surface area contributed by atoms with Gasteiger partial charge in [-0.25, -0.2) is 0 Å². The molecule has 0 atom stereocenters. The first-order valence-electron chi connectivity index (χ1n) is 2.83. The van der Waals surface area contributed by atoms with Crippen LogP contribution in [0.4, 0.5) is 0 Å².